The highest BCUT2D eigenvalue weighted by Gasteiger charge is 2.14. The zero-order valence-electron chi connectivity index (χ0n) is 10.8. The molecule has 20 heavy (non-hydrogen) atoms. The highest BCUT2D eigenvalue weighted by molar-refractivity contribution is 7.14. The molecule has 1 amide bonds. The van der Waals surface area contributed by atoms with Crippen LogP contribution in [-0.2, 0) is 0 Å². The number of rotatable bonds is 3. The van der Waals surface area contributed by atoms with E-state index in [1.165, 1.54) is 17.6 Å². The second-order valence-electron chi connectivity index (χ2n) is 4.29. The Morgan fingerprint density at radius 1 is 1.25 bits per heavy atom. The number of anilines is 1. The molecule has 0 aliphatic carbocycles. The van der Waals surface area contributed by atoms with Crippen molar-refractivity contribution < 1.29 is 9.21 Å². The normalized spacial score (nSPS) is 10.4. The predicted octanol–water partition coefficient (Wildman–Crippen LogP) is 3.96. The molecule has 0 fully saturated rings. The van der Waals surface area contributed by atoms with Crippen LogP contribution in [-0.4, -0.2) is 10.9 Å². The van der Waals surface area contributed by atoms with Crippen LogP contribution in [0.5, 0.6) is 0 Å². The summed E-state index contributed by atoms with van der Waals surface area (Å²) in [5, 5.41) is 5.23. The monoisotopic (exact) mass is 284 g/mol. The van der Waals surface area contributed by atoms with Gasteiger partial charge in [0.1, 0.15) is 0 Å². The maximum Gasteiger partial charge on any atom is 0.293 e. The second-order valence-corrected chi connectivity index (χ2v) is 5.15. The van der Waals surface area contributed by atoms with Gasteiger partial charge in [-0.15, -0.1) is 11.3 Å². The van der Waals surface area contributed by atoms with Crippen LogP contribution in [0.2, 0.25) is 0 Å². The van der Waals surface area contributed by atoms with Gasteiger partial charge in [0.2, 0.25) is 0 Å². The third-order valence-electron chi connectivity index (χ3n) is 2.86. The van der Waals surface area contributed by atoms with Crippen LogP contribution in [0.3, 0.4) is 0 Å². The second kappa shape index (κ2) is 5.30. The van der Waals surface area contributed by atoms with Crippen molar-refractivity contribution in [3.05, 3.63) is 59.4 Å². The number of nitrogens with zero attached hydrogens (tertiary/aromatic N) is 1. The van der Waals surface area contributed by atoms with E-state index in [9.17, 15) is 4.79 Å². The SMILES string of the molecule is Cc1ccoc1C(=O)Nc1nc(-c2ccccc2)cs1. The average Bonchev–Trinajstić information content (AvgIpc) is 3.09. The Kier molecular flexibility index (Phi) is 3.35. The summed E-state index contributed by atoms with van der Waals surface area (Å²) in [5.74, 6) is 0.0444. The van der Waals surface area contributed by atoms with Gasteiger partial charge in [0, 0.05) is 16.5 Å². The Labute approximate surface area is 120 Å². The Morgan fingerprint density at radius 3 is 2.75 bits per heavy atom. The molecule has 2 aromatic heterocycles. The highest BCUT2D eigenvalue weighted by Crippen LogP contribution is 2.25. The van der Waals surface area contributed by atoms with Crippen LogP contribution in [0.25, 0.3) is 11.3 Å². The maximum atomic E-state index is 12.0. The summed E-state index contributed by atoms with van der Waals surface area (Å²) in [6.45, 7) is 1.83. The van der Waals surface area contributed by atoms with E-state index in [-0.39, 0.29) is 5.91 Å². The van der Waals surface area contributed by atoms with Gasteiger partial charge < -0.3 is 4.42 Å². The number of thiazole rings is 1. The molecule has 0 atom stereocenters. The van der Waals surface area contributed by atoms with E-state index in [1.807, 2.05) is 42.6 Å². The number of hydrogen-bond donors (Lipinski definition) is 1. The summed E-state index contributed by atoms with van der Waals surface area (Å²) >= 11 is 1.39. The summed E-state index contributed by atoms with van der Waals surface area (Å²) in [6, 6.07) is 11.6. The maximum absolute atomic E-state index is 12.0. The molecule has 0 unspecified atom stereocenters. The van der Waals surface area contributed by atoms with E-state index in [0.717, 1.165) is 16.8 Å². The topological polar surface area (TPSA) is 55.1 Å². The van der Waals surface area contributed by atoms with Crippen molar-refractivity contribution in [1.82, 2.24) is 4.98 Å². The van der Waals surface area contributed by atoms with E-state index in [1.54, 1.807) is 6.07 Å². The fourth-order valence-electron chi connectivity index (χ4n) is 1.83. The van der Waals surface area contributed by atoms with E-state index < -0.39 is 0 Å². The van der Waals surface area contributed by atoms with Gasteiger partial charge in [0.05, 0.1) is 12.0 Å². The van der Waals surface area contributed by atoms with Crippen molar-refractivity contribution in [2.75, 3.05) is 5.32 Å². The van der Waals surface area contributed by atoms with Gasteiger partial charge in [-0.3, -0.25) is 10.1 Å². The lowest BCUT2D eigenvalue weighted by molar-refractivity contribution is 0.0996. The molecule has 0 aliphatic heterocycles. The Hall–Kier alpha value is -2.40. The summed E-state index contributed by atoms with van der Waals surface area (Å²) in [5.41, 5.74) is 2.68. The molecule has 0 radical (unpaired) electrons. The molecule has 2 heterocycles. The molecule has 3 rings (SSSR count). The van der Waals surface area contributed by atoms with Gasteiger partial charge in [0.25, 0.3) is 5.91 Å². The van der Waals surface area contributed by atoms with Crippen LogP contribution in [0.4, 0.5) is 5.13 Å². The van der Waals surface area contributed by atoms with Crippen molar-refractivity contribution in [1.29, 1.82) is 0 Å². The minimum Gasteiger partial charge on any atom is -0.459 e. The van der Waals surface area contributed by atoms with Gasteiger partial charge >= 0.3 is 0 Å². The van der Waals surface area contributed by atoms with E-state index >= 15 is 0 Å². The van der Waals surface area contributed by atoms with E-state index in [2.05, 4.69) is 10.3 Å². The lowest BCUT2D eigenvalue weighted by atomic mass is 10.2. The number of amides is 1. The third-order valence-corrected chi connectivity index (χ3v) is 3.62. The van der Waals surface area contributed by atoms with Crippen molar-refractivity contribution in [3.63, 3.8) is 0 Å². The first-order valence-electron chi connectivity index (χ1n) is 6.10. The molecular formula is C15H12N2O2S. The summed E-state index contributed by atoms with van der Waals surface area (Å²) in [7, 11) is 0. The minimum atomic E-state index is -0.276. The number of carbonyl (C=O) groups excluding carboxylic acids is 1. The zero-order valence-corrected chi connectivity index (χ0v) is 11.6. The quantitative estimate of drug-likeness (QED) is 0.792. The van der Waals surface area contributed by atoms with Crippen molar-refractivity contribution in [3.8, 4) is 11.3 Å². The molecule has 0 saturated carbocycles. The van der Waals surface area contributed by atoms with Gasteiger partial charge in [-0.2, -0.15) is 0 Å². The smallest absolute Gasteiger partial charge is 0.293 e. The van der Waals surface area contributed by atoms with E-state index in [0.29, 0.717) is 10.9 Å². The molecular weight excluding hydrogens is 272 g/mol. The van der Waals surface area contributed by atoms with Crippen molar-refractivity contribution >= 4 is 22.4 Å². The third kappa shape index (κ3) is 2.48. The zero-order chi connectivity index (χ0) is 13.9. The number of nitrogens with one attached hydrogen (secondary N) is 1. The van der Waals surface area contributed by atoms with Crippen molar-refractivity contribution in [2.45, 2.75) is 6.92 Å². The molecule has 5 heteroatoms. The van der Waals surface area contributed by atoms with Crippen LogP contribution in [0.15, 0.2) is 52.5 Å². The van der Waals surface area contributed by atoms with Crippen LogP contribution < -0.4 is 5.32 Å². The number of hydrogen-bond acceptors (Lipinski definition) is 4. The Morgan fingerprint density at radius 2 is 2.05 bits per heavy atom. The molecule has 4 nitrogen and oxygen atoms in total. The molecule has 3 aromatic rings. The molecule has 1 N–H and O–H groups in total. The van der Waals surface area contributed by atoms with Gasteiger partial charge in [0.15, 0.2) is 10.9 Å². The first-order chi connectivity index (χ1) is 9.74. The number of benzene rings is 1. The minimum absolute atomic E-state index is 0.276. The Balaban J connectivity index is 1.78. The number of aryl methyl sites for hydroxylation is 1. The molecule has 0 bridgehead atoms. The number of furan rings is 1. The molecule has 100 valence electrons. The first-order valence-corrected chi connectivity index (χ1v) is 6.98. The fourth-order valence-corrected chi connectivity index (χ4v) is 2.55. The van der Waals surface area contributed by atoms with Crippen LogP contribution in [0.1, 0.15) is 16.1 Å². The largest absolute Gasteiger partial charge is 0.459 e. The fraction of sp³-hybridized carbons (Fsp3) is 0.0667. The molecule has 0 saturated heterocycles. The van der Waals surface area contributed by atoms with Gasteiger partial charge in [-0.1, -0.05) is 30.3 Å². The lowest BCUT2D eigenvalue weighted by Gasteiger charge is -1.99. The number of carbonyl (C=O) groups is 1. The summed E-state index contributed by atoms with van der Waals surface area (Å²) in [4.78, 5) is 16.4. The summed E-state index contributed by atoms with van der Waals surface area (Å²) in [6.07, 6.45) is 1.50. The highest BCUT2D eigenvalue weighted by atomic mass is 32.1. The number of aromatic nitrogens is 1. The van der Waals surface area contributed by atoms with E-state index in [4.69, 9.17) is 4.42 Å². The molecule has 0 spiro atoms. The first kappa shape index (κ1) is 12.6. The lowest BCUT2D eigenvalue weighted by Crippen LogP contribution is -2.11. The molecule has 1 aromatic carbocycles. The predicted molar refractivity (Wildman–Crippen MR) is 78.9 cm³/mol. The van der Waals surface area contributed by atoms with Gasteiger partial charge in [-0.05, 0) is 13.0 Å². The summed E-state index contributed by atoms with van der Waals surface area (Å²) < 4.78 is 5.15. The standard InChI is InChI=1S/C15H12N2O2S/c1-10-7-8-19-13(10)14(18)17-15-16-12(9-20-15)11-5-3-2-4-6-11/h2-9H,1H3,(H,16,17,18). The molecule has 0 aliphatic rings. The average molecular weight is 284 g/mol. The van der Waals surface area contributed by atoms with Crippen LogP contribution in [0, 0.1) is 6.92 Å². The Bertz CT molecular complexity index is 731. The van der Waals surface area contributed by atoms with Crippen LogP contribution >= 0.6 is 11.3 Å². The van der Waals surface area contributed by atoms with Gasteiger partial charge in [-0.25, -0.2) is 4.98 Å². The van der Waals surface area contributed by atoms with Crippen molar-refractivity contribution in [2.24, 2.45) is 0 Å².